The number of thiophene rings is 1. The minimum absolute atomic E-state index is 0.247. The van der Waals surface area contributed by atoms with Crippen molar-refractivity contribution in [1.82, 2.24) is 9.88 Å². The number of aryl methyl sites for hydroxylation is 2. The molecule has 1 fully saturated rings. The molecule has 0 atom stereocenters. The van der Waals surface area contributed by atoms with Crippen LogP contribution in [0.3, 0.4) is 0 Å². The van der Waals surface area contributed by atoms with Gasteiger partial charge in [0.25, 0.3) is 5.91 Å². The van der Waals surface area contributed by atoms with Gasteiger partial charge in [0.05, 0.1) is 41.3 Å². The van der Waals surface area contributed by atoms with Crippen molar-refractivity contribution in [1.29, 1.82) is 0 Å². The lowest BCUT2D eigenvalue weighted by Gasteiger charge is -2.31. The van der Waals surface area contributed by atoms with Crippen LogP contribution < -0.4 is 4.90 Å². The summed E-state index contributed by atoms with van der Waals surface area (Å²) in [5.74, 6) is 0.247. The first kappa shape index (κ1) is 18.3. The third-order valence-electron chi connectivity index (χ3n) is 5.95. The van der Waals surface area contributed by atoms with E-state index < -0.39 is 0 Å². The number of thiazole rings is 1. The highest BCUT2D eigenvalue weighted by Gasteiger charge is 2.27. The molecule has 3 heterocycles. The molecule has 1 amide bonds. The number of nitrogens with zero attached hydrogens (tertiary/aromatic N) is 2. The lowest BCUT2D eigenvalue weighted by atomic mass is 10.1. The number of piperazine rings is 1. The molecule has 5 rings (SSSR count). The molecule has 0 unspecified atom stereocenters. The Morgan fingerprint density at radius 2 is 1.89 bits per heavy atom. The van der Waals surface area contributed by atoms with Gasteiger partial charge < -0.3 is 9.80 Å². The molecule has 1 saturated heterocycles. The number of para-hydroxylation sites is 1. The Balaban J connectivity index is 1.20. The fraction of sp³-hybridized carbons (Fsp3) is 0.455. The number of amides is 1. The van der Waals surface area contributed by atoms with E-state index in [-0.39, 0.29) is 5.91 Å². The fourth-order valence-electron chi connectivity index (χ4n) is 4.34. The van der Waals surface area contributed by atoms with Gasteiger partial charge >= 0.3 is 0 Å². The highest BCUT2D eigenvalue weighted by atomic mass is 32.1. The first-order chi connectivity index (χ1) is 13.8. The Labute approximate surface area is 173 Å². The molecule has 28 heavy (non-hydrogen) atoms. The van der Waals surface area contributed by atoms with Crippen LogP contribution in [0.4, 0.5) is 0 Å². The second-order valence-corrected chi connectivity index (χ2v) is 10.2. The zero-order valence-electron chi connectivity index (χ0n) is 16.1. The van der Waals surface area contributed by atoms with Crippen LogP contribution in [0.1, 0.15) is 44.4 Å². The van der Waals surface area contributed by atoms with E-state index in [0.717, 1.165) is 56.0 Å². The molecule has 0 spiro atoms. The topological polar surface area (TPSA) is 37.6 Å². The average Bonchev–Trinajstić information content (AvgIpc) is 3.25. The third-order valence-corrected chi connectivity index (χ3v) is 8.22. The standard InChI is InChI=1S/C22H25N3OS2/c26-22(20-14-16-6-2-1-3-8-18(16)27-20)25-12-10-24(11-13-25)15-21-23-17-7-4-5-9-19(17)28-21/h4-5,7,9,14H,1-3,6,8,10-13,15H2/p+1. The molecular formula is C22H26N3OS2+. The van der Waals surface area contributed by atoms with Crippen molar-refractivity contribution in [3.63, 3.8) is 0 Å². The predicted molar refractivity (Wildman–Crippen MR) is 116 cm³/mol. The maximum Gasteiger partial charge on any atom is 0.264 e. The van der Waals surface area contributed by atoms with Crippen molar-refractivity contribution >= 4 is 38.8 Å². The van der Waals surface area contributed by atoms with Crippen molar-refractivity contribution in [3.05, 3.63) is 50.7 Å². The van der Waals surface area contributed by atoms with Gasteiger partial charge in [0.2, 0.25) is 0 Å². The quantitative estimate of drug-likeness (QED) is 0.671. The number of aromatic nitrogens is 1. The highest BCUT2D eigenvalue weighted by Crippen LogP contribution is 2.29. The number of benzene rings is 1. The van der Waals surface area contributed by atoms with Crippen LogP contribution in [-0.2, 0) is 19.4 Å². The number of quaternary nitrogens is 1. The van der Waals surface area contributed by atoms with E-state index in [4.69, 9.17) is 4.98 Å². The predicted octanol–water partition coefficient (Wildman–Crippen LogP) is 3.17. The zero-order valence-corrected chi connectivity index (χ0v) is 17.7. The number of carbonyl (C=O) groups is 1. The monoisotopic (exact) mass is 412 g/mol. The van der Waals surface area contributed by atoms with Crippen LogP contribution >= 0.6 is 22.7 Å². The van der Waals surface area contributed by atoms with Crippen LogP contribution in [0.2, 0.25) is 0 Å². The Morgan fingerprint density at radius 3 is 2.75 bits per heavy atom. The summed E-state index contributed by atoms with van der Waals surface area (Å²) in [7, 11) is 0. The summed E-state index contributed by atoms with van der Waals surface area (Å²) in [6, 6.07) is 10.5. The smallest absolute Gasteiger partial charge is 0.264 e. The third kappa shape index (κ3) is 3.73. The Kier molecular flexibility index (Phi) is 5.18. The molecule has 1 aliphatic carbocycles. The number of rotatable bonds is 3. The minimum Gasteiger partial charge on any atom is -0.327 e. The molecule has 0 radical (unpaired) electrons. The molecule has 146 valence electrons. The number of carbonyl (C=O) groups excluding carboxylic acids is 1. The van der Waals surface area contributed by atoms with E-state index >= 15 is 0 Å². The van der Waals surface area contributed by atoms with Gasteiger partial charge in [-0.25, -0.2) is 4.98 Å². The van der Waals surface area contributed by atoms with E-state index in [1.165, 1.54) is 44.3 Å². The summed E-state index contributed by atoms with van der Waals surface area (Å²) in [5, 5.41) is 1.21. The highest BCUT2D eigenvalue weighted by molar-refractivity contribution is 7.18. The summed E-state index contributed by atoms with van der Waals surface area (Å²) < 4.78 is 1.27. The van der Waals surface area contributed by atoms with Gasteiger partial charge in [-0.15, -0.1) is 22.7 Å². The number of hydrogen-bond donors (Lipinski definition) is 1. The lowest BCUT2D eigenvalue weighted by Crippen LogP contribution is -3.13. The van der Waals surface area contributed by atoms with Crippen molar-refractivity contribution in [2.75, 3.05) is 26.2 Å². The summed E-state index contributed by atoms with van der Waals surface area (Å²) in [6.45, 7) is 4.68. The Bertz CT molecular complexity index is 928. The maximum atomic E-state index is 13.0. The SMILES string of the molecule is O=C(c1cc2c(s1)CCCCC2)N1CC[NH+](Cc2nc3ccccc3s2)CC1. The van der Waals surface area contributed by atoms with Gasteiger partial charge in [-0.05, 0) is 49.4 Å². The van der Waals surface area contributed by atoms with Gasteiger partial charge in [-0.2, -0.15) is 0 Å². The molecular weight excluding hydrogens is 386 g/mol. The lowest BCUT2D eigenvalue weighted by molar-refractivity contribution is -0.917. The van der Waals surface area contributed by atoms with E-state index in [2.05, 4.69) is 29.2 Å². The molecule has 3 aromatic rings. The number of nitrogens with one attached hydrogen (secondary N) is 1. The second kappa shape index (κ2) is 7.93. The first-order valence-electron chi connectivity index (χ1n) is 10.3. The van der Waals surface area contributed by atoms with Gasteiger partial charge in [0, 0.05) is 4.88 Å². The normalized spacial score (nSPS) is 18.2. The minimum atomic E-state index is 0.247. The largest absolute Gasteiger partial charge is 0.327 e. The molecule has 1 aromatic carbocycles. The molecule has 6 heteroatoms. The van der Waals surface area contributed by atoms with Crippen LogP contribution in [-0.4, -0.2) is 42.0 Å². The van der Waals surface area contributed by atoms with Crippen molar-refractivity contribution in [3.8, 4) is 0 Å². The van der Waals surface area contributed by atoms with Gasteiger partial charge in [0.1, 0.15) is 11.6 Å². The molecule has 2 aromatic heterocycles. The Hall–Kier alpha value is -1.76. The zero-order chi connectivity index (χ0) is 18.9. The molecule has 1 aliphatic heterocycles. The van der Waals surface area contributed by atoms with E-state index in [0.29, 0.717) is 0 Å². The molecule has 2 aliphatic rings. The van der Waals surface area contributed by atoms with Crippen LogP contribution in [0, 0.1) is 0 Å². The fourth-order valence-corrected chi connectivity index (χ4v) is 6.60. The van der Waals surface area contributed by atoms with Gasteiger partial charge in [-0.3, -0.25) is 4.79 Å². The van der Waals surface area contributed by atoms with Crippen LogP contribution in [0.5, 0.6) is 0 Å². The average molecular weight is 413 g/mol. The van der Waals surface area contributed by atoms with Crippen LogP contribution in [0.15, 0.2) is 30.3 Å². The summed E-state index contributed by atoms with van der Waals surface area (Å²) in [4.78, 5) is 23.8. The molecule has 4 nitrogen and oxygen atoms in total. The van der Waals surface area contributed by atoms with Gasteiger partial charge in [0.15, 0.2) is 0 Å². The first-order valence-corrected chi connectivity index (χ1v) is 12.0. The number of hydrogen-bond acceptors (Lipinski definition) is 4. The molecule has 0 bridgehead atoms. The second-order valence-electron chi connectivity index (χ2n) is 7.91. The molecule has 0 saturated carbocycles. The van der Waals surface area contributed by atoms with Gasteiger partial charge in [-0.1, -0.05) is 18.6 Å². The van der Waals surface area contributed by atoms with E-state index in [1.54, 1.807) is 22.7 Å². The van der Waals surface area contributed by atoms with Crippen molar-refractivity contribution in [2.24, 2.45) is 0 Å². The summed E-state index contributed by atoms with van der Waals surface area (Å²) in [5.41, 5.74) is 2.54. The van der Waals surface area contributed by atoms with Crippen molar-refractivity contribution in [2.45, 2.75) is 38.6 Å². The summed E-state index contributed by atoms with van der Waals surface area (Å²) >= 11 is 3.55. The Morgan fingerprint density at radius 1 is 1.07 bits per heavy atom. The van der Waals surface area contributed by atoms with Crippen LogP contribution in [0.25, 0.3) is 10.2 Å². The molecule has 1 N–H and O–H groups in total. The summed E-state index contributed by atoms with van der Waals surface area (Å²) in [6.07, 6.45) is 6.18. The van der Waals surface area contributed by atoms with E-state index in [9.17, 15) is 4.79 Å². The number of fused-ring (bicyclic) bond motifs is 2. The maximum absolute atomic E-state index is 13.0. The van der Waals surface area contributed by atoms with Crippen molar-refractivity contribution < 1.29 is 9.69 Å². The van der Waals surface area contributed by atoms with E-state index in [1.807, 2.05) is 6.07 Å².